The molecule has 0 saturated carbocycles. The Bertz CT molecular complexity index is 632. The Morgan fingerprint density at radius 3 is 2.77 bits per heavy atom. The van der Waals surface area contributed by atoms with Gasteiger partial charge in [-0.05, 0) is 38.5 Å². The van der Waals surface area contributed by atoms with E-state index >= 15 is 0 Å². The summed E-state index contributed by atoms with van der Waals surface area (Å²) in [5, 5.41) is 7.69. The van der Waals surface area contributed by atoms with Gasteiger partial charge in [-0.3, -0.25) is 0 Å². The monoisotopic (exact) mass is 380 g/mol. The molecule has 2 aromatic rings. The number of guanidine groups is 1. The second kappa shape index (κ2) is 8.29. The smallest absolute Gasteiger partial charge is 0.191 e. The first-order chi connectivity index (χ1) is 10.6. The lowest BCUT2D eigenvalue weighted by Gasteiger charge is -2.10. The number of thiazole rings is 1. The maximum Gasteiger partial charge on any atom is 0.191 e. The molecule has 118 valence electrons. The fourth-order valence-corrected chi connectivity index (χ4v) is 3.24. The summed E-state index contributed by atoms with van der Waals surface area (Å²) < 4.78 is 1.08. The molecular formula is C16H21BrN4S. The second-order valence-electron chi connectivity index (χ2n) is 4.93. The summed E-state index contributed by atoms with van der Waals surface area (Å²) >= 11 is 5.21. The molecule has 0 amide bonds. The number of hydrogen-bond donors (Lipinski definition) is 2. The molecule has 0 bridgehead atoms. The van der Waals surface area contributed by atoms with Crippen LogP contribution in [0.3, 0.4) is 0 Å². The molecule has 0 spiro atoms. The summed E-state index contributed by atoms with van der Waals surface area (Å²) in [5.74, 6) is 0.813. The Balaban J connectivity index is 1.97. The van der Waals surface area contributed by atoms with Crippen molar-refractivity contribution in [3.63, 3.8) is 0 Å². The summed E-state index contributed by atoms with van der Waals surface area (Å²) in [7, 11) is 0. The number of aryl methyl sites for hydroxylation is 2. The van der Waals surface area contributed by atoms with Gasteiger partial charge in [0.1, 0.15) is 5.01 Å². The van der Waals surface area contributed by atoms with E-state index in [0.717, 1.165) is 27.7 Å². The molecule has 1 aromatic carbocycles. The van der Waals surface area contributed by atoms with Crippen LogP contribution in [-0.2, 0) is 13.1 Å². The molecule has 0 saturated heterocycles. The molecule has 0 aliphatic heterocycles. The molecule has 2 rings (SSSR count). The van der Waals surface area contributed by atoms with Crippen molar-refractivity contribution in [3.8, 4) is 0 Å². The summed E-state index contributed by atoms with van der Waals surface area (Å²) in [6.45, 7) is 8.38. The van der Waals surface area contributed by atoms with E-state index in [4.69, 9.17) is 0 Å². The van der Waals surface area contributed by atoms with E-state index in [1.54, 1.807) is 11.3 Å². The quantitative estimate of drug-likeness (QED) is 0.612. The number of aromatic nitrogens is 1. The Labute approximate surface area is 144 Å². The molecule has 1 heterocycles. The Hall–Kier alpha value is -1.40. The zero-order valence-corrected chi connectivity index (χ0v) is 15.5. The van der Waals surface area contributed by atoms with E-state index in [-0.39, 0.29) is 0 Å². The van der Waals surface area contributed by atoms with Gasteiger partial charge in [-0.15, -0.1) is 11.3 Å². The highest BCUT2D eigenvalue weighted by molar-refractivity contribution is 9.10. The van der Waals surface area contributed by atoms with E-state index in [9.17, 15) is 0 Å². The van der Waals surface area contributed by atoms with Crippen molar-refractivity contribution in [1.82, 2.24) is 15.6 Å². The number of halogens is 1. The average molecular weight is 381 g/mol. The summed E-state index contributed by atoms with van der Waals surface area (Å²) in [6.07, 6.45) is 0. The highest BCUT2D eigenvalue weighted by Gasteiger charge is 2.04. The molecular weight excluding hydrogens is 360 g/mol. The molecule has 1 aromatic heterocycles. The van der Waals surface area contributed by atoms with Crippen molar-refractivity contribution in [1.29, 1.82) is 0 Å². The van der Waals surface area contributed by atoms with Crippen molar-refractivity contribution < 1.29 is 0 Å². The van der Waals surface area contributed by atoms with Crippen LogP contribution in [0.2, 0.25) is 0 Å². The number of nitrogens with zero attached hydrogens (tertiary/aromatic N) is 2. The topological polar surface area (TPSA) is 49.3 Å². The van der Waals surface area contributed by atoms with Crippen LogP contribution in [0.5, 0.6) is 0 Å². The highest BCUT2D eigenvalue weighted by Crippen LogP contribution is 2.16. The maximum absolute atomic E-state index is 4.62. The van der Waals surface area contributed by atoms with Crippen molar-refractivity contribution >= 4 is 33.2 Å². The number of rotatable bonds is 5. The molecule has 0 radical (unpaired) electrons. The van der Waals surface area contributed by atoms with E-state index in [0.29, 0.717) is 13.1 Å². The molecule has 0 fully saturated rings. The van der Waals surface area contributed by atoms with Gasteiger partial charge in [-0.25, -0.2) is 9.98 Å². The predicted molar refractivity (Wildman–Crippen MR) is 97.4 cm³/mol. The normalized spacial score (nSPS) is 11.5. The van der Waals surface area contributed by atoms with Crippen molar-refractivity contribution in [2.75, 3.05) is 6.54 Å². The number of benzene rings is 1. The summed E-state index contributed by atoms with van der Waals surface area (Å²) in [6, 6.07) is 8.20. The molecule has 0 unspecified atom stereocenters. The minimum atomic E-state index is 0.644. The third-order valence-electron chi connectivity index (χ3n) is 3.13. The Kier molecular flexibility index (Phi) is 6.39. The van der Waals surface area contributed by atoms with Gasteiger partial charge >= 0.3 is 0 Å². The molecule has 4 nitrogen and oxygen atoms in total. The van der Waals surface area contributed by atoms with E-state index < -0.39 is 0 Å². The van der Waals surface area contributed by atoms with E-state index in [2.05, 4.69) is 62.5 Å². The van der Waals surface area contributed by atoms with Crippen LogP contribution >= 0.6 is 27.3 Å². The van der Waals surface area contributed by atoms with Crippen LogP contribution in [0.15, 0.2) is 33.7 Å². The average Bonchev–Trinajstić information content (AvgIpc) is 2.81. The zero-order chi connectivity index (χ0) is 15.9. The fraction of sp³-hybridized carbons (Fsp3) is 0.375. The van der Waals surface area contributed by atoms with E-state index in [1.807, 2.05) is 19.1 Å². The highest BCUT2D eigenvalue weighted by atomic mass is 79.9. The van der Waals surface area contributed by atoms with Crippen molar-refractivity contribution in [3.05, 3.63) is 49.9 Å². The molecule has 22 heavy (non-hydrogen) atoms. The van der Waals surface area contributed by atoms with Crippen molar-refractivity contribution in [2.24, 2.45) is 4.99 Å². The van der Waals surface area contributed by atoms with Crippen LogP contribution in [0, 0.1) is 13.8 Å². The first-order valence-corrected chi connectivity index (χ1v) is 8.89. The third kappa shape index (κ3) is 5.10. The second-order valence-corrected chi connectivity index (χ2v) is 7.13. The number of nitrogens with one attached hydrogen (secondary N) is 2. The lowest BCUT2D eigenvalue weighted by atomic mass is 10.2. The fourth-order valence-electron chi connectivity index (χ4n) is 1.92. The third-order valence-corrected chi connectivity index (χ3v) is 4.70. The van der Waals surface area contributed by atoms with Gasteiger partial charge in [0.25, 0.3) is 0 Å². The lowest BCUT2D eigenvalue weighted by molar-refractivity contribution is 0.809. The van der Waals surface area contributed by atoms with Crippen molar-refractivity contribution in [2.45, 2.75) is 33.9 Å². The summed E-state index contributed by atoms with van der Waals surface area (Å²) in [5.41, 5.74) is 2.28. The molecule has 2 N–H and O–H groups in total. The van der Waals surface area contributed by atoms with Crippen LogP contribution in [0.25, 0.3) is 0 Å². The van der Waals surface area contributed by atoms with Gasteiger partial charge in [-0.1, -0.05) is 28.1 Å². The zero-order valence-electron chi connectivity index (χ0n) is 13.1. The van der Waals surface area contributed by atoms with Gasteiger partial charge in [0.15, 0.2) is 5.96 Å². The molecule has 0 atom stereocenters. The van der Waals surface area contributed by atoms with E-state index in [1.165, 1.54) is 10.4 Å². The Morgan fingerprint density at radius 2 is 2.14 bits per heavy atom. The SMILES string of the molecule is CCNC(=NCc1cccc(Br)c1)NCc1nc(C)c(C)s1. The maximum atomic E-state index is 4.62. The van der Waals surface area contributed by atoms with Gasteiger partial charge in [0.05, 0.1) is 18.8 Å². The lowest BCUT2D eigenvalue weighted by Crippen LogP contribution is -2.36. The van der Waals surface area contributed by atoms with Crippen LogP contribution in [0.4, 0.5) is 0 Å². The molecule has 0 aliphatic rings. The van der Waals surface area contributed by atoms with Gasteiger partial charge < -0.3 is 10.6 Å². The molecule has 0 aliphatic carbocycles. The molecule has 6 heteroatoms. The standard InChI is InChI=1S/C16H21BrN4S/c1-4-18-16(19-9-13-6-5-7-14(17)8-13)20-10-15-21-11(2)12(3)22-15/h5-8H,4,9-10H2,1-3H3,(H2,18,19,20). The van der Waals surface area contributed by atoms with Gasteiger partial charge in [0, 0.05) is 15.9 Å². The van der Waals surface area contributed by atoms with Crippen LogP contribution in [0.1, 0.15) is 28.1 Å². The minimum absolute atomic E-state index is 0.644. The minimum Gasteiger partial charge on any atom is -0.357 e. The number of hydrogen-bond acceptors (Lipinski definition) is 3. The largest absolute Gasteiger partial charge is 0.357 e. The van der Waals surface area contributed by atoms with Crippen LogP contribution in [-0.4, -0.2) is 17.5 Å². The predicted octanol–water partition coefficient (Wildman–Crippen LogP) is 3.78. The first kappa shape index (κ1) is 17.0. The summed E-state index contributed by atoms with van der Waals surface area (Å²) in [4.78, 5) is 10.4. The van der Waals surface area contributed by atoms with Crippen LogP contribution < -0.4 is 10.6 Å². The number of aliphatic imine (C=N–C) groups is 1. The Morgan fingerprint density at radius 1 is 1.32 bits per heavy atom. The van der Waals surface area contributed by atoms with Gasteiger partial charge in [0.2, 0.25) is 0 Å². The first-order valence-electron chi connectivity index (χ1n) is 7.28. The van der Waals surface area contributed by atoms with Gasteiger partial charge in [-0.2, -0.15) is 0 Å².